The summed E-state index contributed by atoms with van der Waals surface area (Å²) < 4.78 is 23.2. The van der Waals surface area contributed by atoms with Gasteiger partial charge in [-0.05, 0) is 18.2 Å². The zero-order chi connectivity index (χ0) is 18.5. The van der Waals surface area contributed by atoms with Crippen molar-refractivity contribution in [2.24, 2.45) is 0 Å². The van der Waals surface area contributed by atoms with E-state index in [1.807, 2.05) is 18.2 Å². The first-order valence-corrected chi connectivity index (χ1v) is 8.06. The first-order valence-electron chi connectivity index (χ1n) is 8.06. The lowest BCUT2D eigenvalue weighted by atomic mass is 10.1. The standard InChI is InChI=1S/C17H21N3O6/c1-23-9-12-14(21)15(25-10-24-11-5-3-2-4-6-11)16(26-12)20-8-7-13(18)19-17(20)22/h2-8,12,14-16,21H,9-10H2,1H3,(H2,18,19,22). The third-order valence-electron chi connectivity index (χ3n) is 4.00. The molecule has 2 aromatic rings. The van der Waals surface area contributed by atoms with Crippen molar-refractivity contribution >= 4 is 5.82 Å². The van der Waals surface area contributed by atoms with Gasteiger partial charge in [0.15, 0.2) is 13.0 Å². The van der Waals surface area contributed by atoms with Gasteiger partial charge in [0.1, 0.15) is 29.9 Å². The first kappa shape index (κ1) is 18.3. The monoisotopic (exact) mass is 363 g/mol. The predicted octanol–water partition coefficient (Wildman–Crippen LogP) is 0.152. The lowest BCUT2D eigenvalue weighted by Gasteiger charge is -2.22. The maximum Gasteiger partial charge on any atom is 0.351 e. The summed E-state index contributed by atoms with van der Waals surface area (Å²) in [6.07, 6.45) is -1.95. The number of methoxy groups -OCH3 is 1. The Bertz CT molecular complexity index is 769. The van der Waals surface area contributed by atoms with Crippen LogP contribution in [0.2, 0.25) is 0 Å². The molecule has 1 saturated heterocycles. The van der Waals surface area contributed by atoms with E-state index >= 15 is 0 Å². The minimum absolute atomic E-state index is 0.100. The Kier molecular flexibility index (Phi) is 5.84. The molecular weight excluding hydrogens is 342 g/mol. The molecule has 1 aliphatic heterocycles. The van der Waals surface area contributed by atoms with E-state index in [9.17, 15) is 9.90 Å². The predicted molar refractivity (Wildman–Crippen MR) is 91.5 cm³/mol. The average Bonchev–Trinajstić information content (AvgIpc) is 2.93. The van der Waals surface area contributed by atoms with Crippen molar-refractivity contribution < 1.29 is 24.1 Å². The average molecular weight is 363 g/mol. The summed E-state index contributed by atoms with van der Waals surface area (Å²) in [7, 11) is 1.49. The molecule has 0 saturated carbocycles. The minimum Gasteiger partial charge on any atom is -0.468 e. The molecular formula is C17H21N3O6. The number of aromatic nitrogens is 2. The van der Waals surface area contributed by atoms with E-state index in [2.05, 4.69) is 4.98 Å². The highest BCUT2D eigenvalue weighted by Gasteiger charge is 2.46. The number of hydrogen-bond acceptors (Lipinski definition) is 8. The lowest BCUT2D eigenvalue weighted by Crippen LogP contribution is -2.39. The fourth-order valence-electron chi connectivity index (χ4n) is 2.74. The van der Waals surface area contributed by atoms with E-state index in [4.69, 9.17) is 24.7 Å². The molecule has 4 unspecified atom stereocenters. The number of nitrogen functional groups attached to an aromatic ring is 1. The molecule has 1 fully saturated rings. The number of aliphatic hydroxyl groups excluding tert-OH is 1. The molecule has 4 atom stereocenters. The van der Waals surface area contributed by atoms with Crippen molar-refractivity contribution in [2.45, 2.75) is 24.5 Å². The van der Waals surface area contributed by atoms with E-state index in [1.165, 1.54) is 23.9 Å². The van der Waals surface area contributed by atoms with Gasteiger partial charge in [-0.3, -0.25) is 4.57 Å². The van der Waals surface area contributed by atoms with Crippen LogP contribution in [0.5, 0.6) is 5.75 Å². The highest BCUT2D eigenvalue weighted by Crippen LogP contribution is 2.31. The van der Waals surface area contributed by atoms with Crippen molar-refractivity contribution in [3.05, 3.63) is 53.1 Å². The molecule has 140 valence electrons. The van der Waals surface area contributed by atoms with E-state index < -0.39 is 30.2 Å². The molecule has 2 heterocycles. The van der Waals surface area contributed by atoms with Gasteiger partial charge in [-0.15, -0.1) is 0 Å². The molecule has 0 spiro atoms. The fraction of sp³-hybridized carbons (Fsp3) is 0.412. The van der Waals surface area contributed by atoms with E-state index in [1.54, 1.807) is 12.1 Å². The van der Waals surface area contributed by atoms with Gasteiger partial charge in [-0.1, -0.05) is 18.2 Å². The number of rotatable bonds is 7. The number of benzene rings is 1. The van der Waals surface area contributed by atoms with Gasteiger partial charge < -0.3 is 29.8 Å². The number of hydrogen-bond donors (Lipinski definition) is 2. The van der Waals surface area contributed by atoms with Crippen LogP contribution in [0.1, 0.15) is 6.23 Å². The van der Waals surface area contributed by atoms with Crippen LogP contribution < -0.4 is 16.2 Å². The Hall–Kier alpha value is -2.46. The molecule has 0 amide bonds. The SMILES string of the molecule is COCC1OC(n2ccc(N)nc2=O)C(OCOc2ccccc2)C1O. The summed E-state index contributed by atoms with van der Waals surface area (Å²) in [6, 6.07) is 10.6. The Morgan fingerprint density at radius 2 is 2.08 bits per heavy atom. The second-order valence-electron chi connectivity index (χ2n) is 5.76. The smallest absolute Gasteiger partial charge is 0.351 e. The fourth-order valence-corrected chi connectivity index (χ4v) is 2.74. The minimum atomic E-state index is -1.01. The van der Waals surface area contributed by atoms with Gasteiger partial charge in [0.05, 0.1) is 6.61 Å². The van der Waals surface area contributed by atoms with Crippen LogP contribution in [0.25, 0.3) is 0 Å². The van der Waals surface area contributed by atoms with Crippen LogP contribution in [0.4, 0.5) is 5.82 Å². The topological polar surface area (TPSA) is 118 Å². The van der Waals surface area contributed by atoms with Gasteiger partial charge in [-0.2, -0.15) is 4.98 Å². The summed E-state index contributed by atoms with van der Waals surface area (Å²) in [5, 5.41) is 10.5. The number of para-hydroxylation sites is 1. The van der Waals surface area contributed by atoms with E-state index in [0.29, 0.717) is 5.75 Å². The van der Waals surface area contributed by atoms with Gasteiger partial charge in [0.2, 0.25) is 0 Å². The van der Waals surface area contributed by atoms with E-state index in [0.717, 1.165) is 0 Å². The number of aliphatic hydroxyl groups is 1. The largest absolute Gasteiger partial charge is 0.468 e. The first-order chi connectivity index (χ1) is 12.6. The second kappa shape index (κ2) is 8.28. The van der Waals surface area contributed by atoms with Crippen LogP contribution >= 0.6 is 0 Å². The van der Waals surface area contributed by atoms with Crippen molar-refractivity contribution in [3.8, 4) is 5.75 Å². The molecule has 9 nitrogen and oxygen atoms in total. The molecule has 1 aromatic heterocycles. The highest BCUT2D eigenvalue weighted by atomic mass is 16.7. The molecule has 26 heavy (non-hydrogen) atoms. The molecule has 0 aliphatic carbocycles. The molecule has 0 radical (unpaired) electrons. The third kappa shape index (κ3) is 4.02. The molecule has 3 rings (SSSR count). The number of anilines is 1. The van der Waals surface area contributed by atoms with Crippen LogP contribution in [0.3, 0.4) is 0 Å². The Morgan fingerprint density at radius 1 is 1.31 bits per heavy atom. The molecule has 3 N–H and O–H groups in total. The van der Waals surface area contributed by atoms with Gasteiger partial charge >= 0.3 is 5.69 Å². The Labute approximate surface area is 149 Å². The summed E-state index contributed by atoms with van der Waals surface area (Å²) >= 11 is 0. The second-order valence-corrected chi connectivity index (χ2v) is 5.76. The summed E-state index contributed by atoms with van der Waals surface area (Å²) in [5.74, 6) is 0.723. The third-order valence-corrected chi connectivity index (χ3v) is 4.00. The van der Waals surface area contributed by atoms with Crippen LogP contribution in [0.15, 0.2) is 47.4 Å². The maximum absolute atomic E-state index is 12.1. The van der Waals surface area contributed by atoms with E-state index in [-0.39, 0.29) is 19.2 Å². The van der Waals surface area contributed by atoms with Crippen molar-refractivity contribution in [3.63, 3.8) is 0 Å². The van der Waals surface area contributed by atoms with Crippen LogP contribution in [-0.4, -0.2) is 53.5 Å². The van der Waals surface area contributed by atoms with Crippen molar-refractivity contribution in [2.75, 3.05) is 26.2 Å². The Morgan fingerprint density at radius 3 is 2.77 bits per heavy atom. The zero-order valence-electron chi connectivity index (χ0n) is 14.2. The van der Waals surface area contributed by atoms with Crippen molar-refractivity contribution in [1.82, 2.24) is 9.55 Å². The van der Waals surface area contributed by atoms with Gasteiger partial charge in [0, 0.05) is 13.3 Å². The summed E-state index contributed by atoms with van der Waals surface area (Å²) in [4.78, 5) is 15.8. The van der Waals surface area contributed by atoms with Gasteiger partial charge in [0.25, 0.3) is 0 Å². The lowest BCUT2D eigenvalue weighted by molar-refractivity contribution is -0.111. The van der Waals surface area contributed by atoms with Crippen LogP contribution in [-0.2, 0) is 14.2 Å². The zero-order valence-corrected chi connectivity index (χ0v) is 14.2. The number of nitrogens with two attached hydrogens (primary N) is 1. The summed E-state index contributed by atoms with van der Waals surface area (Å²) in [6.45, 7) is 0.0245. The molecule has 0 bridgehead atoms. The Balaban J connectivity index is 1.75. The highest BCUT2D eigenvalue weighted by molar-refractivity contribution is 5.23. The quantitative estimate of drug-likeness (QED) is 0.668. The van der Waals surface area contributed by atoms with Crippen LogP contribution in [0, 0.1) is 0 Å². The maximum atomic E-state index is 12.1. The van der Waals surface area contributed by atoms with Gasteiger partial charge in [-0.25, -0.2) is 4.79 Å². The number of ether oxygens (including phenoxy) is 4. The molecule has 1 aliphatic rings. The number of nitrogens with zero attached hydrogens (tertiary/aromatic N) is 2. The molecule has 9 heteroatoms. The summed E-state index contributed by atoms with van der Waals surface area (Å²) in [5.41, 5.74) is 4.92. The normalized spacial score (nSPS) is 25.3. The molecule has 1 aromatic carbocycles. The van der Waals surface area contributed by atoms with Crippen molar-refractivity contribution in [1.29, 1.82) is 0 Å².